The van der Waals surface area contributed by atoms with E-state index in [4.69, 9.17) is 14.6 Å². The molecular weight excluding hydrogens is 282 g/mol. The first-order valence-corrected chi connectivity index (χ1v) is 7.04. The number of carbonyl (C=O) groups excluding carboxylic acids is 1. The number of amides is 1. The highest BCUT2D eigenvalue weighted by Gasteiger charge is 2.36. The van der Waals surface area contributed by atoms with E-state index >= 15 is 0 Å². The average Bonchev–Trinajstić information content (AvgIpc) is 3.05. The Morgan fingerprint density at radius 2 is 2.10 bits per heavy atom. The normalized spacial score (nSPS) is 22.2. The van der Waals surface area contributed by atoms with Crippen LogP contribution >= 0.6 is 11.3 Å². The quantitative estimate of drug-likeness (QED) is 0.887. The first kappa shape index (κ1) is 15.0. The second kappa shape index (κ2) is 6.34. The molecule has 6 nitrogen and oxygen atoms in total. The largest absolute Gasteiger partial charge is 0.477 e. The molecule has 1 saturated heterocycles. The minimum Gasteiger partial charge on any atom is -0.477 e. The van der Waals surface area contributed by atoms with Crippen molar-refractivity contribution >= 4 is 23.2 Å². The molecule has 2 heterocycles. The lowest BCUT2D eigenvalue weighted by atomic mass is 10.2. The molecule has 0 unspecified atom stereocenters. The van der Waals surface area contributed by atoms with E-state index in [-0.39, 0.29) is 22.9 Å². The van der Waals surface area contributed by atoms with E-state index in [0.717, 1.165) is 17.8 Å². The summed E-state index contributed by atoms with van der Waals surface area (Å²) in [6.45, 7) is 0.951. The molecule has 1 amide bonds. The lowest BCUT2D eigenvalue weighted by molar-refractivity contribution is 0.0616. The zero-order chi connectivity index (χ0) is 14.7. The van der Waals surface area contributed by atoms with E-state index in [1.165, 1.54) is 6.07 Å². The second-order valence-corrected chi connectivity index (χ2v) is 5.71. The van der Waals surface area contributed by atoms with Gasteiger partial charge in [-0.1, -0.05) is 0 Å². The van der Waals surface area contributed by atoms with Crippen molar-refractivity contribution in [1.29, 1.82) is 0 Å². The van der Waals surface area contributed by atoms with Crippen molar-refractivity contribution in [1.82, 2.24) is 4.90 Å². The van der Waals surface area contributed by atoms with Crippen molar-refractivity contribution in [3.05, 3.63) is 21.9 Å². The molecule has 2 atom stereocenters. The Morgan fingerprint density at radius 3 is 2.65 bits per heavy atom. The minimum atomic E-state index is -1.02. The van der Waals surface area contributed by atoms with Crippen LogP contribution in [0.1, 0.15) is 25.8 Å². The average molecular weight is 299 g/mol. The van der Waals surface area contributed by atoms with Gasteiger partial charge in [0.1, 0.15) is 4.88 Å². The molecule has 0 aliphatic carbocycles. The van der Waals surface area contributed by atoms with Gasteiger partial charge in [0, 0.05) is 20.8 Å². The van der Waals surface area contributed by atoms with Gasteiger partial charge in [-0.3, -0.25) is 4.79 Å². The van der Waals surface area contributed by atoms with Crippen LogP contribution in [-0.4, -0.2) is 61.4 Å². The molecule has 1 aromatic rings. The van der Waals surface area contributed by atoms with Gasteiger partial charge < -0.3 is 19.5 Å². The lowest BCUT2D eigenvalue weighted by Gasteiger charge is -2.23. The molecule has 110 valence electrons. The zero-order valence-corrected chi connectivity index (χ0v) is 12.2. The summed E-state index contributed by atoms with van der Waals surface area (Å²) in [5.41, 5.74) is 0. The van der Waals surface area contributed by atoms with Crippen molar-refractivity contribution in [2.24, 2.45) is 0 Å². The zero-order valence-electron chi connectivity index (χ0n) is 11.4. The van der Waals surface area contributed by atoms with E-state index in [1.54, 1.807) is 25.2 Å². The number of carboxylic acid groups (broad SMARTS) is 1. The Kier molecular flexibility index (Phi) is 4.74. The number of carboxylic acids is 1. The number of nitrogens with zero attached hydrogens (tertiary/aromatic N) is 1. The van der Waals surface area contributed by atoms with Crippen LogP contribution in [0.15, 0.2) is 12.1 Å². The highest BCUT2D eigenvalue weighted by Crippen LogP contribution is 2.25. The maximum Gasteiger partial charge on any atom is 0.345 e. The number of carbonyl (C=O) groups is 2. The number of hydrogen-bond acceptors (Lipinski definition) is 5. The first-order chi connectivity index (χ1) is 9.56. The van der Waals surface area contributed by atoms with Crippen LogP contribution in [0.2, 0.25) is 0 Å². The van der Waals surface area contributed by atoms with E-state index in [2.05, 4.69) is 0 Å². The SMILES string of the molecule is COC[C@@H]1C[C@H](OC)CN1C(=O)c1ccc(C(=O)O)s1. The number of methoxy groups -OCH3 is 2. The fourth-order valence-corrected chi connectivity index (χ4v) is 3.15. The van der Waals surface area contributed by atoms with Crippen molar-refractivity contribution in [3.8, 4) is 0 Å². The predicted octanol–water partition coefficient (Wildman–Crippen LogP) is 1.32. The van der Waals surface area contributed by atoms with Crippen LogP contribution in [0.3, 0.4) is 0 Å². The van der Waals surface area contributed by atoms with Gasteiger partial charge in [0.15, 0.2) is 0 Å². The first-order valence-electron chi connectivity index (χ1n) is 6.22. The maximum atomic E-state index is 12.5. The Bertz CT molecular complexity index is 501. The highest BCUT2D eigenvalue weighted by molar-refractivity contribution is 7.15. The van der Waals surface area contributed by atoms with Crippen LogP contribution in [0, 0.1) is 0 Å². The topological polar surface area (TPSA) is 76.1 Å². The van der Waals surface area contributed by atoms with Gasteiger partial charge in [-0.2, -0.15) is 0 Å². The fourth-order valence-electron chi connectivity index (χ4n) is 2.35. The summed E-state index contributed by atoms with van der Waals surface area (Å²) < 4.78 is 10.4. The highest BCUT2D eigenvalue weighted by atomic mass is 32.1. The van der Waals surface area contributed by atoms with Gasteiger partial charge in [0.05, 0.1) is 23.6 Å². The molecule has 7 heteroatoms. The van der Waals surface area contributed by atoms with Crippen LogP contribution in [0.4, 0.5) is 0 Å². The van der Waals surface area contributed by atoms with Crippen LogP contribution in [-0.2, 0) is 9.47 Å². The monoisotopic (exact) mass is 299 g/mol. The minimum absolute atomic E-state index is 0.00185. The Balaban J connectivity index is 2.15. The molecule has 0 saturated carbocycles. The van der Waals surface area contributed by atoms with Crippen molar-refractivity contribution in [3.63, 3.8) is 0 Å². The maximum absolute atomic E-state index is 12.5. The molecule has 1 N–H and O–H groups in total. The number of aromatic carboxylic acids is 1. The Hall–Kier alpha value is -1.44. The van der Waals surface area contributed by atoms with Gasteiger partial charge in [-0.25, -0.2) is 4.79 Å². The number of thiophene rings is 1. The van der Waals surface area contributed by atoms with E-state index in [0.29, 0.717) is 18.0 Å². The van der Waals surface area contributed by atoms with Crippen molar-refractivity contribution in [2.75, 3.05) is 27.4 Å². The van der Waals surface area contributed by atoms with Gasteiger partial charge in [0.2, 0.25) is 0 Å². The summed E-state index contributed by atoms with van der Waals surface area (Å²) in [5.74, 6) is -1.18. The summed E-state index contributed by atoms with van der Waals surface area (Å²) in [6.07, 6.45) is 0.728. The molecule has 0 bridgehead atoms. The van der Waals surface area contributed by atoms with E-state index in [1.807, 2.05) is 0 Å². The smallest absolute Gasteiger partial charge is 0.345 e. The summed E-state index contributed by atoms with van der Waals surface area (Å²) in [5, 5.41) is 8.91. The molecule has 1 aromatic heterocycles. The van der Waals surface area contributed by atoms with Gasteiger partial charge in [0.25, 0.3) is 5.91 Å². The molecule has 0 radical (unpaired) electrons. The number of ether oxygens (including phenoxy) is 2. The molecule has 0 spiro atoms. The van der Waals surface area contributed by atoms with Gasteiger partial charge in [-0.15, -0.1) is 11.3 Å². The van der Waals surface area contributed by atoms with Crippen LogP contribution < -0.4 is 0 Å². The summed E-state index contributed by atoms with van der Waals surface area (Å²) in [6, 6.07) is 2.98. The van der Waals surface area contributed by atoms with Crippen molar-refractivity contribution < 1.29 is 24.2 Å². The third kappa shape index (κ3) is 3.00. The third-order valence-corrected chi connectivity index (χ3v) is 4.42. The Morgan fingerprint density at radius 1 is 1.40 bits per heavy atom. The van der Waals surface area contributed by atoms with Gasteiger partial charge in [-0.05, 0) is 18.6 Å². The number of likely N-dealkylation sites (tertiary alicyclic amines) is 1. The lowest BCUT2D eigenvalue weighted by Crippen LogP contribution is -2.38. The van der Waals surface area contributed by atoms with Gasteiger partial charge >= 0.3 is 5.97 Å². The fraction of sp³-hybridized carbons (Fsp3) is 0.538. The molecule has 20 heavy (non-hydrogen) atoms. The number of rotatable bonds is 5. The summed E-state index contributed by atoms with van der Waals surface area (Å²) in [7, 11) is 3.21. The standard InChI is InChI=1S/C13H17NO5S/c1-18-7-8-5-9(19-2)6-14(8)12(15)10-3-4-11(20-10)13(16)17/h3-4,8-9H,5-7H2,1-2H3,(H,16,17)/t8-,9-/m0/s1. The van der Waals surface area contributed by atoms with Crippen LogP contribution in [0.25, 0.3) is 0 Å². The molecule has 2 rings (SSSR count). The van der Waals surface area contributed by atoms with E-state index < -0.39 is 5.97 Å². The molecule has 1 fully saturated rings. The van der Waals surface area contributed by atoms with Crippen LogP contribution in [0.5, 0.6) is 0 Å². The predicted molar refractivity (Wildman–Crippen MR) is 73.4 cm³/mol. The van der Waals surface area contributed by atoms with Crippen molar-refractivity contribution in [2.45, 2.75) is 18.6 Å². The third-order valence-electron chi connectivity index (χ3n) is 3.36. The molecule has 1 aliphatic rings. The molecular formula is C13H17NO5S. The summed E-state index contributed by atoms with van der Waals surface area (Å²) in [4.78, 5) is 25.6. The second-order valence-electron chi connectivity index (χ2n) is 4.63. The number of hydrogen-bond donors (Lipinski definition) is 1. The summed E-state index contributed by atoms with van der Waals surface area (Å²) >= 11 is 0.993. The Labute approximate surface area is 120 Å². The molecule has 0 aromatic carbocycles. The molecule has 1 aliphatic heterocycles. The van der Waals surface area contributed by atoms with E-state index in [9.17, 15) is 9.59 Å².